The predicted molar refractivity (Wildman–Crippen MR) is 72.3 cm³/mol. The monoisotopic (exact) mass is 319 g/mol. The van der Waals surface area contributed by atoms with Crippen LogP contribution in [-0.2, 0) is 17.5 Å². The summed E-state index contributed by atoms with van der Waals surface area (Å²) in [6.45, 7) is 0.412. The molecule has 0 unspecified atom stereocenters. The molecule has 1 fully saturated rings. The van der Waals surface area contributed by atoms with E-state index >= 15 is 0 Å². The van der Waals surface area contributed by atoms with Gasteiger partial charge >= 0.3 is 6.18 Å². The quantitative estimate of drug-likeness (QED) is 0.830. The van der Waals surface area contributed by atoms with Gasteiger partial charge in [0.2, 0.25) is 5.91 Å². The van der Waals surface area contributed by atoms with E-state index in [1.807, 2.05) is 0 Å². The Bertz CT molecular complexity index is 562. The second-order valence-electron chi connectivity index (χ2n) is 5.51. The van der Waals surface area contributed by atoms with Gasteiger partial charge in [-0.1, -0.05) is 0 Å². The highest BCUT2D eigenvalue weighted by Gasteiger charge is 2.33. The first-order chi connectivity index (χ1) is 10.2. The van der Waals surface area contributed by atoms with Crippen LogP contribution in [0.15, 0.2) is 18.2 Å². The Morgan fingerprint density at radius 3 is 2.64 bits per heavy atom. The summed E-state index contributed by atoms with van der Waals surface area (Å²) in [5.74, 6) is -1.31. The number of rotatable bonds is 3. The van der Waals surface area contributed by atoms with Crippen molar-refractivity contribution in [1.82, 2.24) is 10.2 Å². The predicted octanol–water partition coefficient (Wildman–Crippen LogP) is 1.49. The summed E-state index contributed by atoms with van der Waals surface area (Å²) in [6.07, 6.45) is -4.14. The van der Waals surface area contributed by atoms with Crippen molar-refractivity contribution in [1.29, 1.82) is 0 Å². The van der Waals surface area contributed by atoms with Gasteiger partial charge in [-0.25, -0.2) is 4.39 Å². The molecule has 1 aliphatic heterocycles. The summed E-state index contributed by atoms with van der Waals surface area (Å²) < 4.78 is 51.1. The van der Waals surface area contributed by atoms with Gasteiger partial charge in [-0.05, 0) is 37.2 Å². The molecule has 122 valence electrons. The van der Waals surface area contributed by atoms with Crippen LogP contribution in [0, 0.1) is 5.82 Å². The minimum atomic E-state index is -4.63. The van der Waals surface area contributed by atoms with Gasteiger partial charge in [-0.2, -0.15) is 13.2 Å². The van der Waals surface area contributed by atoms with Crippen LogP contribution in [0.2, 0.25) is 0 Å². The van der Waals surface area contributed by atoms with Crippen molar-refractivity contribution < 1.29 is 22.4 Å². The lowest BCUT2D eigenvalue weighted by molar-refractivity contribution is -0.137. The molecule has 1 aromatic carbocycles. The van der Waals surface area contributed by atoms with Crippen LogP contribution >= 0.6 is 0 Å². The topological polar surface area (TPSA) is 58.4 Å². The number of nitrogens with one attached hydrogen (secondary N) is 1. The van der Waals surface area contributed by atoms with Crippen molar-refractivity contribution in [3.05, 3.63) is 35.1 Å². The number of likely N-dealkylation sites (tertiary alicyclic amines) is 1. The van der Waals surface area contributed by atoms with Gasteiger partial charge in [-0.3, -0.25) is 9.69 Å². The lowest BCUT2D eigenvalue weighted by atomic mass is 10.1. The van der Waals surface area contributed by atoms with E-state index in [0.29, 0.717) is 19.0 Å². The summed E-state index contributed by atoms with van der Waals surface area (Å²) in [7, 11) is 1.75. The fourth-order valence-electron chi connectivity index (χ4n) is 2.57. The van der Waals surface area contributed by atoms with Crippen LogP contribution in [0.25, 0.3) is 0 Å². The second-order valence-corrected chi connectivity index (χ2v) is 5.51. The smallest absolute Gasteiger partial charge is 0.351 e. The van der Waals surface area contributed by atoms with Gasteiger partial charge in [0, 0.05) is 19.1 Å². The SMILES string of the molecule is CN1C[C@@H](N)C[C@H]1C(=O)NCc1cc(F)cc(C(F)(F)F)c1. The van der Waals surface area contributed by atoms with Crippen LogP contribution in [0.4, 0.5) is 17.6 Å². The zero-order valence-electron chi connectivity index (χ0n) is 12.0. The molecule has 1 heterocycles. The molecule has 4 nitrogen and oxygen atoms in total. The van der Waals surface area contributed by atoms with Crippen molar-refractivity contribution in [2.24, 2.45) is 5.73 Å². The number of alkyl halides is 3. The van der Waals surface area contributed by atoms with Gasteiger partial charge in [0.05, 0.1) is 11.6 Å². The Balaban J connectivity index is 2.03. The zero-order chi connectivity index (χ0) is 16.5. The highest BCUT2D eigenvalue weighted by molar-refractivity contribution is 5.82. The normalized spacial score (nSPS) is 22.8. The fraction of sp³-hybridized carbons (Fsp3) is 0.500. The van der Waals surface area contributed by atoms with Crippen molar-refractivity contribution in [3.8, 4) is 0 Å². The van der Waals surface area contributed by atoms with Gasteiger partial charge in [0.1, 0.15) is 5.82 Å². The van der Waals surface area contributed by atoms with E-state index in [2.05, 4.69) is 5.32 Å². The maximum absolute atomic E-state index is 13.3. The fourth-order valence-corrected chi connectivity index (χ4v) is 2.57. The molecule has 1 aromatic rings. The number of nitrogens with zero attached hydrogens (tertiary/aromatic N) is 1. The van der Waals surface area contributed by atoms with Crippen LogP contribution in [0.1, 0.15) is 17.5 Å². The Hall–Kier alpha value is -1.67. The number of halogens is 4. The summed E-state index contributed by atoms with van der Waals surface area (Å²) in [5, 5.41) is 2.53. The van der Waals surface area contributed by atoms with E-state index in [9.17, 15) is 22.4 Å². The summed E-state index contributed by atoms with van der Waals surface area (Å²) in [5.41, 5.74) is 4.74. The average molecular weight is 319 g/mol. The lowest BCUT2D eigenvalue weighted by Crippen LogP contribution is -2.41. The molecule has 2 rings (SSSR count). The standard InChI is InChI=1S/C14H17F4N3O/c1-21-7-11(19)5-12(21)13(22)20-6-8-2-9(14(16,17)18)4-10(15)3-8/h2-4,11-12H,5-7,19H2,1H3,(H,20,22)/t11-,12-/m0/s1. The highest BCUT2D eigenvalue weighted by Crippen LogP contribution is 2.30. The van der Waals surface area contributed by atoms with Gasteiger partial charge in [-0.15, -0.1) is 0 Å². The zero-order valence-corrected chi connectivity index (χ0v) is 12.0. The Kier molecular flexibility index (Phi) is 4.72. The molecule has 1 saturated heterocycles. The number of hydrogen-bond acceptors (Lipinski definition) is 3. The molecular formula is C14H17F4N3O. The molecule has 3 N–H and O–H groups in total. The number of benzene rings is 1. The largest absolute Gasteiger partial charge is 0.416 e. The molecule has 0 bridgehead atoms. The van der Waals surface area contributed by atoms with Crippen molar-refractivity contribution in [3.63, 3.8) is 0 Å². The number of carbonyl (C=O) groups is 1. The maximum Gasteiger partial charge on any atom is 0.416 e. The third kappa shape index (κ3) is 3.95. The van der Waals surface area contributed by atoms with E-state index in [1.54, 1.807) is 11.9 Å². The number of carbonyl (C=O) groups excluding carboxylic acids is 1. The molecule has 1 amide bonds. The first-order valence-corrected chi connectivity index (χ1v) is 6.77. The third-order valence-electron chi connectivity index (χ3n) is 3.63. The minimum absolute atomic E-state index is 0.0608. The molecule has 0 spiro atoms. The Morgan fingerprint density at radius 2 is 2.09 bits per heavy atom. The van der Waals surface area contributed by atoms with Crippen molar-refractivity contribution >= 4 is 5.91 Å². The van der Waals surface area contributed by atoms with Gasteiger partial charge in [0.25, 0.3) is 0 Å². The van der Waals surface area contributed by atoms with Crippen LogP contribution in [0.5, 0.6) is 0 Å². The third-order valence-corrected chi connectivity index (χ3v) is 3.63. The van der Waals surface area contributed by atoms with Crippen molar-refractivity contribution in [2.75, 3.05) is 13.6 Å². The molecule has 2 atom stereocenters. The van der Waals surface area contributed by atoms with E-state index < -0.39 is 23.6 Å². The molecule has 0 radical (unpaired) electrons. The molecule has 0 aromatic heterocycles. The molecule has 0 saturated carbocycles. The van der Waals surface area contributed by atoms with E-state index in [-0.39, 0.29) is 24.1 Å². The molecule has 22 heavy (non-hydrogen) atoms. The number of nitrogens with two attached hydrogens (primary N) is 1. The second kappa shape index (κ2) is 6.21. The average Bonchev–Trinajstić information content (AvgIpc) is 2.73. The molecule has 1 aliphatic rings. The number of likely N-dealkylation sites (N-methyl/N-ethyl adjacent to an activating group) is 1. The van der Waals surface area contributed by atoms with Crippen LogP contribution < -0.4 is 11.1 Å². The van der Waals surface area contributed by atoms with Crippen LogP contribution in [-0.4, -0.2) is 36.5 Å². The Morgan fingerprint density at radius 1 is 1.41 bits per heavy atom. The first-order valence-electron chi connectivity index (χ1n) is 6.77. The van der Waals surface area contributed by atoms with E-state index in [0.717, 1.165) is 12.1 Å². The molecule has 0 aliphatic carbocycles. The van der Waals surface area contributed by atoms with E-state index in [1.165, 1.54) is 0 Å². The lowest BCUT2D eigenvalue weighted by Gasteiger charge is -2.18. The highest BCUT2D eigenvalue weighted by atomic mass is 19.4. The van der Waals surface area contributed by atoms with Gasteiger partial charge in [0.15, 0.2) is 0 Å². The molecular weight excluding hydrogens is 302 g/mol. The number of hydrogen-bond donors (Lipinski definition) is 2. The Labute approximate surface area is 125 Å². The summed E-state index contributed by atoms with van der Waals surface area (Å²) in [6, 6.07) is 1.71. The first kappa shape index (κ1) is 16.7. The van der Waals surface area contributed by atoms with Crippen LogP contribution in [0.3, 0.4) is 0 Å². The number of amides is 1. The molecule has 8 heteroatoms. The summed E-state index contributed by atoms with van der Waals surface area (Å²) >= 11 is 0. The van der Waals surface area contributed by atoms with Crippen molar-refractivity contribution in [2.45, 2.75) is 31.2 Å². The maximum atomic E-state index is 13.3. The van der Waals surface area contributed by atoms with Gasteiger partial charge < -0.3 is 11.1 Å². The van der Waals surface area contributed by atoms with E-state index in [4.69, 9.17) is 5.73 Å². The summed E-state index contributed by atoms with van der Waals surface area (Å²) in [4.78, 5) is 13.8. The minimum Gasteiger partial charge on any atom is -0.351 e.